The summed E-state index contributed by atoms with van der Waals surface area (Å²) in [6.45, 7) is 6.77. The summed E-state index contributed by atoms with van der Waals surface area (Å²) < 4.78 is 11.4. The lowest BCUT2D eigenvalue weighted by Crippen LogP contribution is -2.44. The summed E-state index contributed by atoms with van der Waals surface area (Å²) in [5.41, 5.74) is 1.97. The van der Waals surface area contributed by atoms with Crippen molar-refractivity contribution < 1.29 is 14.3 Å². The Hall–Kier alpha value is -1.39. The van der Waals surface area contributed by atoms with Crippen molar-refractivity contribution in [3.8, 4) is 0 Å². The minimum Gasteiger partial charge on any atom is -0.381 e. The van der Waals surface area contributed by atoms with Gasteiger partial charge in [-0.05, 0) is 42.9 Å². The van der Waals surface area contributed by atoms with E-state index in [4.69, 9.17) is 9.47 Å². The minimum atomic E-state index is 0.0379. The highest BCUT2D eigenvalue weighted by Crippen LogP contribution is 2.27. The summed E-state index contributed by atoms with van der Waals surface area (Å²) >= 11 is 0. The van der Waals surface area contributed by atoms with E-state index in [0.29, 0.717) is 11.8 Å². The van der Waals surface area contributed by atoms with E-state index in [1.807, 2.05) is 18.2 Å². The Morgan fingerprint density at radius 1 is 1.24 bits per heavy atom. The van der Waals surface area contributed by atoms with Crippen molar-refractivity contribution in [1.29, 1.82) is 0 Å². The Bertz CT molecular complexity index is 564. The highest BCUT2D eigenvalue weighted by atomic mass is 16.5. The third-order valence-electron chi connectivity index (χ3n) is 5.77. The van der Waals surface area contributed by atoms with Crippen LogP contribution in [0.15, 0.2) is 24.3 Å². The van der Waals surface area contributed by atoms with Crippen LogP contribution < -0.4 is 5.32 Å². The van der Waals surface area contributed by atoms with Crippen LogP contribution in [-0.2, 0) is 9.47 Å². The second kappa shape index (κ2) is 8.81. The lowest BCUT2D eigenvalue weighted by molar-refractivity contribution is -0.0337. The van der Waals surface area contributed by atoms with Crippen molar-refractivity contribution in [2.45, 2.75) is 64.0 Å². The Labute approximate surface area is 151 Å². The molecule has 1 N–H and O–H groups in total. The maximum atomic E-state index is 12.7. The normalized spacial score (nSPS) is 26.8. The molecular formula is C21H31NO3. The van der Waals surface area contributed by atoms with Crippen LogP contribution in [0.1, 0.15) is 67.8 Å². The molecule has 1 aromatic rings. The molecule has 138 valence electrons. The molecule has 0 saturated carbocycles. The number of rotatable bonds is 6. The van der Waals surface area contributed by atoms with Gasteiger partial charge in [0.15, 0.2) is 0 Å². The Kier molecular flexibility index (Phi) is 6.49. The third kappa shape index (κ3) is 4.62. The first-order valence-electron chi connectivity index (χ1n) is 9.81. The van der Waals surface area contributed by atoms with Crippen molar-refractivity contribution in [2.24, 2.45) is 5.92 Å². The summed E-state index contributed by atoms with van der Waals surface area (Å²) in [5.74, 6) is 1.05. The van der Waals surface area contributed by atoms with Gasteiger partial charge in [-0.25, -0.2) is 0 Å². The van der Waals surface area contributed by atoms with Gasteiger partial charge in [0.25, 0.3) is 5.91 Å². The summed E-state index contributed by atoms with van der Waals surface area (Å²) in [6, 6.07) is 8.25. The molecule has 2 heterocycles. The average molecular weight is 345 g/mol. The van der Waals surface area contributed by atoms with Crippen molar-refractivity contribution in [2.75, 3.05) is 19.8 Å². The van der Waals surface area contributed by atoms with E-state index in [2.05, 4.69) is 25.2 Å². The molecule has 2 aliphatic heterocycles. The van der Waals surface area contributed by atoms with Gasteiger partial charge in [0.2, 0.25) is 0 Å². The lowest BCUT2D eigenvalue weighted by atomic mass is 9.89. The Balaban J connectivity index is 1.60. The van der Waals surface area contributed by atoms with Crippen LogP contribution in [0.5, 0.6) is 0 Å². The minimum absolute atomic E-state index is 0.0379. The molecule has 0 aliphatic carbocycles. The monoisotopic (exact) mass is 345 g/mol. The van der Waals surface area contributed by atoms with E-state index in [1.54, 1.807) is 0 Å². The van der Waals surface area contributed by atoms with Gasteiger partial charge in [-0.2, -0.15) is 0 Å². The van der Waals surface area contributed by atoms with Gasteiger partial charge >= 0.3 is 0 Å². The van der Waals surface area contributed by atoms with E-state index in [9.17, 15) is 4.79 Å². The number of amides is 1. The lowest BCUT2D eigenvalue weighted by Gasteiger charge is -2.34. The van der Waals surface area contributed by atoms with E-state index >= 15 is 0 Å². The van der Waals surface area contributed by atoms with Crippen molar-refractivity contribution in [1.82, 2.24) is 5.32 Å². The predicted octanol–water partition coefficient (Wildman–Crippen LogP) is 3.90. The zero-order valence-corrected chi connectivity index (χ0v) is 15.5. The number of benzene rings is 1. The highest BCUT2D eigenvalue weighted by molar-refractivity contribution is 5.94. The number of nitrogens with one attached hydrogen (secondary N) is 1. The van der Waals surface area contributed by atoms with E-state index in [0.717, 1.165) is 57.5 Å². The van der Waals surface area contributed by atoms with Crippen molar-refractivity contribution >= 4 is 5.91 Å². The third-order valence-corrected chi connectivity index (χ3v) is 5.77. The van der Waals surface area contributed by atoms with E-state index < -0.39 is 0 Å². The Morgan fingerprint density at radius 2 is 2.08 bits per heavy atom. The van der Waals surface area contributed by atoms with Crippen molar-refractivity contribution in [3.05, 3.63) is 35.4 Å². The maximum absolute atomic E-state index is 12.7. The average Bonchev–Trinajstić information content (AvgIpc) is 3.18. The topological polar surface area (TPSA) is 47.6 Å². The molecule has 0 bridgehead atoms. The molecule has 0 aromatic heterocycles. The molecule has 25 heavy (non-hydrogen) atoms. The molecule has 3 atom stereocenters. The van der Waals surface area contributed by atoms with Crippen LogP contribution in [0.2, 0.25) is 0 Å². The molecule has 2 saturated heterocycles. The number of hydrogen-bond donors (Lipinski definition) is 1. The zero-order valence-electron chi connectivity index (χ0n) is 15.5. The fraction of sp³-hybridized carbons (Fsp3) is 0.667. The van der Waals surface area contributed by atoms with Gasteiger partial charge in [0, 0.05) is 30.7 Å². The van der Waals surface area contributed by atoms with Crippen LogP contribution in [0.25, 0.3) is 0 Å². The maximum Gasteiger partial charge on any atom is 0.251 e. The fourth-order valence-corrected chi connectivity index (χ4v) is 4.10. The van der Waals surface area contributed by atoms with Gasteiger partial charge in [-0.1, -0.05) is 38.8 Å². The first kappa shape index (κ1) is 18.4. The molecule has 2 aliphatic rings. The van der Waals surface area contributed by atoms with Gasteiger partial charge in [0.1, 0.15) is 0 Å². The molecule has 2 fully saturated rings. The molecule has 0 spiro atoms. The van der Waals surface area contributed by atoms with Crippen molar-refractivity contribution in [3.63, 3.8) is 0 Å². The largest absolute Gasteiger partial charge is 0.381 e. The molecule has 0 radical (unpaired) electrons. The van der Waals surface area contributed by atoms with E-state index in [-0.39, 0.29) is 18.1 Å². The Morgan fingerprint density at radius 3 is 2.80 bits per heavy atom. The first-order chi connectivity index (χ1) is 12.2. The van der Waals surface area contributed by atoms with Gasteiger partial charge in [-0.3, -0.25) is 4.79 Å². The first-order valence-corrected chi connectivity index (χ1v) is 9.81. The van der Waals surface area contributed by atoms with E-state index in [1.165, 1.54) is 5.56 Å². The van der Waals surface area contributed by atoms with Crippen LogP contribution in [0.4, 0.5) is 0 Å². The van der Waals surface area contributed by atoms with Crippen LogP contribution >= 0.6 is 0 Å². The molecule has 0 unspecified atom stereocenters. The predicted molar refractivity (Wildman–Crippen MR) is 98.9 cm³/mol. The number of ether oxygens (including phenoxy) is 2. The second-order valence-corrected chi connectivity index (χ2v) is 7.37. The standard InChI is InChI=1S/C21H31NO3/c1-3-15(4-2)20-13-19(9-11-25-20)22-21(23)17-7-5-6-16(12-17)18-8-10-24-14-18/h5-7,12,15,18-20H,3-4,8-11,13-14H2,1-2H3,(H,22,23)/t18-,19-,20+/m1/s1. The summed E-state index contributed by atoms with van der Waals surface area (Å²) in [6.07, 6.45) is 5.41. The van der Waals surface area contributed by atoms with Gasteiger partial charge in [0.05, 0.1) is 12.7 Å². The summed E-state index contributed by atoms with van der Waals surface area (Å²) in [5, 5.41) is 3.24. The molecular weight excluding hydrogens is 314 g/mol. The molecule has 1 amide bonds. The number of hydrogen-bond acceptors (Lipinski definition) is 3. The molecule has 4 heteroatoms. The SMILES string of the molecule is CCC(CC)[C@@H]1C[C@H](NC(=O)c2cccc([C@@H]3CCOC3)c2)CCO1. The molecule has 1 aromatic carbocycles. The van der Waals surface area contributed by atoms with Crippen LogP contribution in [-0.4, -0.2) is 37.9 Å². The summed E-state index contributed by atoms with van der Waals surface area (Å²) in [7, 11) is 0. The zero-order chi connectivity index (χ0) is 17.6. The number of carbonyl (C=O) groups is 1. The fourth-order valence-electron chi connectivity index (χ4n) is 4.10. The molecule has 3 rings (SSSR count). The molecule has 4 nitrogen and oxygen atoms in total. The quantitative estimate of drug-likeness (QED) is 0.850. The summed E-state index contributed by atoms with van der Waals surface area (Å²) in [4.78, 5) is 12.7. The number of carbonyl (C=O) groups excluding carboxylic acids is 1. The van der Waals surface area contributed by atoms with Gasteiger partial charge < -0.3 is 14.8 Å². The van der Waals surface area contributed by atoms with Crippen LogP contribution in [0.3, 0.4) is 0 Å². The second-order valence-electron chi connectivity index (χ2n) is 7.37. The highest BCUT2D eigenvalue weighted by Gasteiger charge is 2.28. The van der Waals surface area contributed by atoms with Crippen LogP contribution in [0, 0.1) is 5.92 Å². The smallest absolute Gasteiger partial charge is 0.251 e. The van der Waals surface area contributed by atoms with Gasteiger partial charge in [-0.15, -0.1) is 0 Å².